The number of esters is 1. The summed E-state index contributed by atoms with van der Waals surface area (Å²) in [6.07, 6.45) is -0.0675. The van der Waals surface area contributed by atoms with Crippen LogP contribution in [0.1, 0.15) is 17.9 Å². The second kappa shape index (κ2) is 4.31. The monoisotopic (exact) mass is 241 g/mol. The van der Waals surface area contributed by atoms with Gasteiger partial charge in [-0.1, -0.05) is 12.1 Å². The number of hydrogen-bond acceptors (Lipinski definition) is 3. The number of alkyl halides is 2. The zero-order valence-electron chi connectivity index (χ0n) is 9.37. The zero-order chi connectivity index (χ0) is 12.5. The first-order valence-electron chi connectivity index (χ1n) is 5.31. The van der Waals surface area contributed by atoms with Gasteiger partial charge in [-0.15, -0.1) is 0 Å². The van der Waals surface area contributed by atoms with Gasteiger partial charge in [-0.2, -0.15) is 0 Å². The SMILES string of the molecule is COC(=O)CNc1ccc(C2CC2(F)F)cc1. The Labute approximate surface area is 97.8 Å². The minimum absolute atomic E-state index is 0.0649. The summed E-state index contributed by atoms with van der Waals surface area (Å²) in [4.78, 5) is 10.9. The lowest BCUT2D eigenvalue weighted by atomic mass is 10.1. The number of carbonyl (C=O) groups is 1. The average Bonchev–Trinajstić information content (AvgIpc) is 2.96. The molecule has 1 aromatic carbocycles. The second-order valence-corrected chi connectivity index (χ2v) is 4.07. The number of anilines is 1. The predicted molar refractivity (Wildman–Crippen MR) is 59.3 cm³/mol. The number of nitrogens with one attached hydrogen (secondary N) is 1. The van der Waals surface area contributed by atoms with Crippen molar-refractivity contribution in [1.29, 1.82) is 0 Å². The lowest BCUT2D eigenvalue weighted by Crippen LogP contribution is -2.14. The molecular formula is C12H13F2NO2. The van der Waals surface area contributed by atoms with Crippen molar-refractivity contribution >= 4 is 11.7 Å². The molecule has 0 spiro atoms. The molecule has 1 N–H and O–H groups in total. The van der Waals surface area contributed by atoms with Crippen molar-refractivity contribution in [2.75, 3.05) is 19.0 Å². The molecule has 1 atom stereocenters. The molecule has 0 aliphatic heterocycles. The molecule has 0 bridgehead atoms. The first kappa shape index (κ1) is 11.8. The smallest absolute Gasteiger partial charge is 0.325 e. The topological polar surface area (TPSA) is 38.3 Å². The van der Waals surface area contributed by atoms with Crippen LogP contribution in [0.4, 0.5) is 14.5 Å². The van der Waals surface area contributed by atoms with Crippen LogP contribution in [0.25, 0.3) is 0 Å². The number of rotatable bonds is 4. The molecule has 1 unspecified atom stereocenters. The van der Waals surface area contributed by atoms with E-state index in [0.717, 1.165) is 0 Å². The van der Waals surface area contributed by atoms with Crippen LogP contribution in [0.15, 0.2) is 24.3 Å². The van der Waals surface area contributed by atoms with Gasteiger partial charge < -0.3 is 10.1 Å². The van der Waals surface area contributed by atoms with Crippen LogP contribution in [-0.2, 0) is 9.53 Å². The molecule has 0 heterocycles. The molecule has 0 saturated heterocycles. The molecule has 5 heteroatoms. The van der Waals surface area contributed by atoms with Crippen molar-refractivity contribution < 1.29 is 18.3 Å². The molecule has 1 saturated carbocycles. The Bertz CT molecular complexity index is 417. The number of hydrogen-bond donors (Lipinski definition) is 1. The molecule has 0 aromatic heterocycles. The highest BCUT2D eigenvalue weighted by Gasteiger charge is 2.57. The van der Waals surface area contributed by atoms with Gasteiger partial charge in [-0.3, -0.25) is 4.79 Å². The molecule has 0 radical (unpaired) electrons. The lowest BCUT2D eigenvalue weighted by molar-refractivity contribution is -0.138. The highest BCUT2D eigenvalue weighted by atomic mass is 19.3. The summed E-state index contributed by atoms with van der Waals surface area (Å²) in [5.74, 6) is -3.55. The van der Waals surface area contributed by atoms with Gasteiger partial charge in [-0.05, 0) is 17.7 Å². The molecule has 17 heavy (non-hydrogen) atoms. The minimum Gasteiger partial charge on any atom is -0.468 e. The largest absolute Gasteiger partial charge is 0.468 e. The number of carbonyl (C=O) groups excluding carboxylic acids is 1. The van der Waals surface area contributed by atoms with Gasteiger partial charge in [-0.25, -0.2) is 8.78 Å². The highest BCUT2D eigenvalue weighted by Crippen LogP contribution is 2.55. The van der Waals surface area contributed by atoms with Gasteiger partial charge >= 0.3 is 5.97 Å². The van der Waals surface area contributed by atoms with E-state index in [1.807, 2.05) is 0 Å². The van der Waals surface area contributed by atoms with Crippen molar-refractivity contribution in [1.82, 2.24) is 0 Å². The van der Waals surface area contributed by atoms with Gasteiger partial charge in [0.1, 0.15) is 6.54 Å². The highest BCUT2D eigenvalue weighted by molar-refractivity contribution is 5.74. The van der Waals surface area contributed by atoms with Crippen LogP contribution in [0.2, 0.25) is 0 Å². The van der Waals surface area contributed by atoms with Crippen LogP contribution in [-0.4, -0.2) is 25.5 Å². The van der Waals surface area contributed by atoms with Gasteiger partial charge in [0.25, 0.3) is 5.92 Å². The van der Waals surface area contributed by atoms with Crippen molar-refractivity contribution in [2.45, 2.75) is 18.3 Å². The van der Waals surface area contributed by atoms with E-state index < -0.39 is 11.8 Å². The van der Waals surface area contributed by atoms with Gasteiger partial charge in [0.05, 0.1) is 13.0 Å². The number of ether oxygens (including phenoxy) is 1. The number of methoxy groups -OCH3 is 1. The fourth-order valence-electron chi connectivity index (χ4n) is 1.65. The Balaban J connectivity index is 1.92. The van der Waals surface area contributed by atoms with Crippen molar-refractivity contribution in [3.63, 3.8) is 0 Å². The van der Waals surface area contributed by atoms with Crippen molar-refractivity contribution in [3.05, 3.63) is 29.8 Å². The van der Waals surface area contributed by atoms with Crippen LogP contribution in [0.3, 0.4) is 0 Å². The van der Waals surface area contributed by atoms with Gasteiger partial charge in [0, 0.05) is 12.1 Å². The fourth-order valence-corrected chi connectivity index (χ4v) is 1.65. The Morgan fingerprint density at radius 2 is 2.06 bits per heavy atom. The lowest BCUT2D eigenvalue weighted by Gasteiger charge is -2.06. The summed E-state index contributed by atoms with van der Waals surface area (Å²) in [6.45, 7) is 0.0649. The first-order chi connectivity index (χ1) is 8.03. The third-order valence-corrected chi connectivity index (χ3v) is 2.80. The predicted octanol–water partition coefficient (Wildman–Crippen LogP) is 2.39. The minimum atomic E-state index is -2.54. The van der Waals surface area contributed by atoms with Crippen molar-refractivity contribution in [3.8, 4) is 0 Å². The van der Waals surface area contributed by atoms with Crippen LogP contribution in [0, 0.1) is 0 Å². The number of halogens is 2. The van der Waals surface area contributed by atoms with E-state index in [1.165, 1.54) is 7.11 Å². The standard InChI is InChI=1S/C12H13F2NO2/c1-17-11(16)7-15-9-4-2-8(3-5-9)10-6-12(10,13)14/h2-5,10,15H,6-7H2,1H3. The van der Waals surface area contributed by atoms with Crippen LogP contribution >= 0.6 is 0 Å². The maximum absolute atomic E-state index is 12.8. The second-order valence-electron chi connectivity index (χ2n) is 4.07. The summed E-state index contributed by atoms with van der Waals surface area (Å²) in [6, 6.07) is 6.69. The summed E-state index contributed by atoms with van der Waals surface area (Å²) >= 11 is 0. The maximum atomic E-state index is 12.8. The third kappa shape index (κ3) is 2.72. The Hall–Kier alpha value is -1.65. The van der Waals surface area contributed by atoms with E-state index in [1.54, 1.807) is 24.3 Å². The molecule has 92 valence electrons. The maximum Gasteiger partial charge on any atom is 0.325 e. The van der Waals surface area contributed by atoms with E-state index in [0.29, 0.717) is 11.3 Å². The van der Waals surface area contributed by atoms with Gasteiger partial charge in [0.15, 0.2) is 0 Å². The van der Waals surface area contributed by atoms with Gasteiger partial charge in [0.2, 0.25) is 0 Å². The molecule has 2 rings (SSSR count). The summed E-state index contributed by atoms with van der Waals surface area (Å²) in [5.41, 5.74) is 1.35. The number of benzene rings is 1. The van der Waals surface area contributed by atoms with E-state index in [-0.39, 0.29) is 18.9 Å². The Morgan fingerprint density at radius 3 is 2.53 bits per heavy atom. The molecule has 1 fully saturated rings. The molecular weight excluding hydrogens is 228 g/mol. The molecule has 3 nitrogen and oxygen atoms in total. The molecule has 1 aliphatic rings. The molecule has 1 aromatic rings. The molecule has 1 aliphatic carbocycles. The summed E-state index contributed by atoms with van der Waals surface area (Å²) in [5, 5.41) is 2.84. The van der Waals surface area contributed by atoms with Crippen LogP contribution < -0.4 is 5.32 Å². The molecule has 0 amide bonds. The van der Waals surface area contributed by atoms with E-state index in [4.69, 9.17) is 0 Å². The van der Waals surface area contributed by atoms with Crippen LogP contribution in [0.5, 0.6) is 0 Å². The first-order valence-corrected chi connectivity index (χ1v) is 5.31. The summed E-state index contributed by atoms with van der Waals surface area (Å²) < 4.78 is 30.1. The quantitative estimate of drug-likeness (QED) is 0.822. The summed E-state index contributed by atoms with van der Waals surface area (Å²) in [7, 11) is 1.31. The Kier molecular flexibility index (Phi) is 3.00. The van der Waals surface area contributed by atoms with E-state index in [9.17, 15) is 13.6 Å². The van der Waals surface area contributed by atoms with E-state index in [2.05, 4.69) is 10.1 Å². The van der Waals surface area contributed by atoms with E-state index >= 15 is 0 Å². The average molecular weight is 241 g/mol. The van der Waals surface area contributed by atoms with Crippen molar-refractivity contribution in [2.24, 2.45) is 0 Å². The normalized spacial score (nSPS) is 20.8. The fraction of sp³-hybridized carbons (Fsp3) is 0.417. The third-order valence-electron chi connectivity index (χ3n) is 2.80. The zero-order valence-corrected chi connectivity index (χ0v) is 9.37. The Morgan fingerprint density at radius 1 is 1.47 bits per heavy atom.